The van der Waals surface area contributed by atoms with Crippen LogP contribution in [0.5, 0.6) is 0 Å². The Morgan fingerprint density at radius 3 is 2.79 bits per heavy atom. The molecule has 3 aromatic rings. The first-order chi connectivity index (χ1) is 11.6. The Hall–Kier alpha value is -2.25. The van der Waals surface area contributed by atoms with E-state index < -0.39 is 0 Å². The van der Waals surface area contributed by atoms with Crippen LogP contribution in [0, 0.1) is 0 Å². The first kappa shape index (κ1) is 16.6. The standard InChI is InChI=1S/C16H15ClN4O2S/c1-10(15(22)18-12-7-4-3-6-11(12)17)24-16-20-19-14(21(16)2)13-8-5-9-23-13/h3-10H,1-2H3,(H,18,22). The Labute approximate surface area is 148 Å². The van der Waals surface area contributed by atoms with Crippen LogP contribution in [0.1, 0.15) is 6.92 Å². The number of nitrogens with one attached hydrogen (secondary N) is 1. The first-order valence-electron chi connectivity index (χ1n) is 7.21. The molecule has 1 unspecified atom stereocenters. The summed E-state index contributed by atoms with van der Waals surface area (Å²) in [6.07, 6.45) is 1.58. The number of furan rings is 1. The minimum absolute atomic E-state index is 0.157. The number of carbonyl (C=O) groups excluding carboxylic acids is 1. The van der Waals surface area contributed by atoms with Crippen LogP contribution in [-0.2, 0) is 11.8 Å². The lowest BCUT2D eigenvalue weighted by Crippen LogP contribution is -2.23. The number of aromatic nitrogens is 3. The fourth-order valence-electron chi connectivity index (χ4n) is 2.05. The van der Waals surface area contributed by atoms with E-state index in [-0.39, 0.29) is 11.2 Å². The number of benzene rings is 1. The number of nitrogens with zero attached hydrogens (tertiary/aromatic N) is 3. The fraction of sp³-hybridized carbons (Fsp3) is 0.188. The van der Waals surface area contributed by atoms with Crippen LogP contribution in [-0.4, -0.2) is 25.9 Å². The molecule has 0 fully saturated rings. The molecule has 6 nitrogen and oxygen atoms in total. The highest BCUT2D eigenvalue weighted by atomic mass is 35.5. The van der Waals surface area contributed by atoms with Crippen LogP contribution in [0.2, 0.25) is 5.02 Å². The number of thioether (sulfide) groups is 1. The number of hydrogen-bond acceptors (Lipinski definition) is 5. The normalized spacial score (nSPS) is 12.1. The van der Waals surface area contributed by atoms with Gasteiger partial charge in [0.15, 0.2) is 16.7 Å². The van der Waals surface area contributed by atoms with E-state index in [2.05, 4.69) is 15.5 Å². The van der Waals surface area contributed by atoms with Gasteiger partial charge in [0.1, 0.15) is 0 Å². The maximum atomic E-state index is 12.3. The third kappa shape index (κ3) is 3.47. The second kappa shape index (κ2) is 7.11. The van der Waals surface area contributed by atoms with Crippen molar-refractivity contribution in [1.82, 2.24) is 14.8 Å². The van der Waals surface area contributed by atoms with Gasteiger partial charge in [-0.15, -0.1) is 10.2 Å². The summed E-state index contributed by atoms with van der Waals surface area (Å²) in [7, 11) is 1.83. The summed E-state index contributed by atoms with van der Waals surface area (Å²) in [4.78, 5) is 12.3. The predicted molar refractivity (Wildman–Crippen MR) is 94.1 cm³/mol. The molecule has 1 atom stereocenters. The summed E-state index contributed by atoms with van der Waals surface area (Å²) in [5.74, 6) is 1.09. The minimum Gasteiger partial charge on any atom is -0.461 e. The molecule has 124 valence electrons. The molecule has 0 spiro atoms. The van der Waals surface area contributed by atoms with E-state index in [4.69, 9.17) is 16.0 Å². The van der Waals surface area contributed by atoms with Gasteiger partial charge in [-0.2, -0.15) is 0 Å². The van der Waals surface area contributed by atoms with Crippen molar-refractivity contribution in [3.05, 3.63) is 47.7 Å². The number of carbonyl (C=O) groups is 1. The lowest BCUT2D eigenvalue weighted by molar-refractivity contribution is -0.115. The average molecular weight is 363 g/mol. The largest absolute Gasteiger partial charge is 0.461 e. The van der Waals surface area contributed by atoms with Crippen molar-refractivity contribution in [1.29, 1.82) is 0 Å². The van der Waals surface area contributed by atoms with E-state index in [0.29, 0.717) is 27.5 Å². The topological polar surface area (TPSA) is 73.0 Å². The highest BCUT2D eigenvalue weighted by molar-refractivity contribution is 8.00. The van der Waals surface area contributed by atoms with Gasteiger partial charge >= 0.3 is 0 Å². The molecule has 0 radical (unpaired) electrons. The molecular weight excluding hydrogens is 348 g/mol. The first-order valence-corrected chi connectivity index (χ1v) is 8.47. The maximum Gasteiger partial charge on any atom is 0.237 e. The predicted octanol–water partition coefficient (Wildman–Crippen LogP) is 3.85. The van der Waals surface area contributed by atoms with E-state index >= 15 is 0 Å². The van der Waals surface area contributed by atoms with Crippen LogP contribution in [0.25, 0.3) is 11.6 Å². The molecule has 1 amide bonds. The summed E-state index contributed by atoms with van der Waals surface area (Å²) >= 11 is 7.37. The van der Waals surface area contributed by atoms with E-state index in [0.717, 1.165) is 0 Å². The van der Waals surface area contributed by atoms with Crippen LogP contribution in [0.15, 0.2) is 52.2 Å². The van der Waals surface area contributed by atoms with Crippen LogP contribution in [0.3, 0.4) is 0 Å². The molecule has 0 aliphatic heterocycles. The van der Waals surface area contributed by atoms with Crippen molar-refractivity contribution in [3.8, 4) is 11.6 Å². The van der Waals surface area contributed by atoms with Crippen molar-refractivity contribution in [2.24, 2.45) is 7.05 Å². The smallest absolute Gasteiger partial charge is 0.237 e. The number of hydrogen-bond donors (Lipinski definition) is 1. The molecule has 0 saturated carbocycles. The monoisotopic (exact) mass is 362 g/mol. The van der Waals surface area contributed by atoms with Crippen molar-refractivity contribution in [2.45, 2.75) is 17.3 Å². The third-order valence-electron chi connectivity index (χ3n) is 3.36. The highest BCUT2D eigenvalue weighted by Gasteiger charge is 2.20. The summed E-state index contributed by atoms with van der Waals surface area (Å²) in [6.45, 7) is 1.80. The van der Waals surface area contributed by atoms with Gasteiger partial charge < -0.3 is 14.3 Å². The average Bonchev–Trinajstić information content (AvgIpc) is 3.20. The number of amides is 1. The van der Waals surface area contributed by atoms with Gasteiger partial charge in [0, 0.05) is 7.05 Å². The summed E-state index contributed by atoms with van der Waals surface area (Å²) in [5, 5.41) is 11.8. The third-order valence-corrected chi connectivity index (χ3v) is 4.82. The van der Waals surface area contributed by atoms with Crippen molar-refractivity contribution in [2.75, 3.05) is 5.32 Å². The molecule has 1 N–H and O–H groups in total. The summed E-state index contributed by atoms with van der Waals surface area (Å²) in [6, 6.07) is 10.7. The Morgan fingerprint density at radius 1 is 1.29 bits per heavy atom. The van der Waals surface area contributed by atoms with Crippen molar-refractivity contribution in [3.63, 3.8) is 0 Å². The molecule has 8 heteroatoms. The fourth-order valence-corrected chi connectivity index (χ4v) is 3.04. The van der Waals surface area contributed by atoms with Gasteiger partial charge in [-0.3, -0.25) is 4.79 Å². The van der Waals surface area contributed by atoms with Gasteiger partial charge in [-0.05, 0) is 31.2 Å². The maximum absolute atomic E-state index is 12.3. The van der Waals surface area contributed by atoms with Gasteiger partial charge in [0.2, 0.25) is 5.91 Å². The molecule has 2 aromatic heterocycles. The zero-order valence-corrected chi connectivity index (χ0v) is 14.6. The molecule has 0 aliphatic carbocycles. The number of anilines is 1. The molecular formula is C16H15ClN4O2S. The Balaban J connectivity index is 1.70. The zero-order chi connectivity index (χ0) is 17.1. The molecule has 2 heterocycles. The van der Waals surface area contributed by atoms with Crippen LogP contribution < -0.4 is 5.32 Å². The number of rotatable bonds is 5. The van der Waals surface area contributed by atoms with E-state index in [1.807, 2.05) is 25.2 Å². The molecule has 3 rings (SSSR count). The highest BCUT2D eigenvalue weighted by Crippen LogP contribution is 2.27. The molecule has 0 bridgehead atoms. The minimum atomic E-state index is -0.367. The SMILES string of the molecule is CC(Sc1nnc(-c2ccco2)n1C)C(=O)Nc1ccccc1Cl. The lowest BCUT2D eigenvalue weighted by Gasteiger charge is -2.12. The van der Waals surface area contributed by atoms with E-state index in [9.17, 15) is 4.79 Å². The van der Waals surface area contributed by atoms with Crippen molar-refractivity contribution >= 4 is 35.0 Å². The Bertz CT molecular complexity index is 848. The quantitative estimate of drug-likeness (QED) is 0.698. The van der Waals surface area contributed by atoms with Gasteiger partial charge in [-0.1, -0.05) is 35.5 Å². The van der Waals surface area contributed by atoms with E-state index in [1.165, 1.54) is 11.8 Å². The molecule has 1 aromatic carbocycles. The lowest BCUT2D eigenvalue weighted by atomic mass is 10.3. The zero-order valence-electron chi connectivity index (χ0n) is 13.1. The van der Waals surface area contributed by atoms with Gasteiger partial charge in [0.05, 0.1) is 22.2 Å². The van der Waals surface area contributed by atoms with Crippen LogP contribution >= 0.6 is 23.4 Å². The number of para-hydroxylation sites is 1. The second-order valence-electron chi connectivity index (χ2n) is 5.07. The van der Waals surface area contributed by atoms with Gasteiger partial charge in [-0.25, -0.2) is 0 Å². The van der Waals surface area contributed by atoms with Crippen LogP contribution in [0.4, 0.5) is 5.69 Å². The van der Waals surface area contributed by atoms with Gasteiger partial charge in [0.25, 0.3) is 0 Å². The van der Waals surface area contributed by atoms with E-state index in [1.54, 1.807) is 36.0 Å². The molecule has 0 aliphatic rings. The summed E-state index contributed by atoms with van der Waals surface area (Å²) in [5.41, 5.74) is 0.589. The molecule has 24 heavy (non-hydrogen) atoms. The van der Waals surface area contributed by atoms with Crippen molar-refractivity contribution < 1.29 is 9.21 Å². The number of halogens is 1. The Kier molecular flexibility index (Phi) is 4.92. The molecule has 0 saturated heterocycles. The second-order valence-corrected chi connectivity index (χ2v) is 6.79. The Morgan fingerprint density at radius 2 is 2.08 bits per heavy atom. The summed E-state index contributed by atoms with van der Waals surface area (Å²) < 4.78 is 7.13.